The van der Waals surface area contributed by atoms with Crippen LogP contribution in [-0.4, -0.2) is 11.7 Å². The Morgan fingerprint density at radius 3 is 2.87 bits per heavy atom. The molecule has 0 saturated carbocycles. The number of nitrogens with zero attached hydrogens (tertiary/aromatic N) is 1. The molecule has 4 nitrogen and oxygen atoms in total. The second-order valence-electron chi connectivity index (χ2n) is 2.67. The number of hydrogen-bond donors (Lipinski definition) is 3. The molecule has 80 valence electrons. The van der Waals surface area contributed by atoms with Crippen molar-refractivity contribution in [2.24, 2.45) is 5.11 Å². The maximum atomic E-state index is 13.0. The summed E-state index contributed by atoms with van der Waals surface area (Å²) in [5, 5.41) is 14.0. The van der Waals surface area contributed by atoms with Gasteiger partial charge in [0.1, 0.15) is 17.3 Å². The van der Waals surface area contributed by atoms with E-state index in [1.54, 1.807) is 0 Å². The maximum Gasteiger partial charge on any atom is 0.146 e. The van der Waals surface area contributed by atoms with Gasteiger partial charge in [-0.15, -0.1) is 0 Å². The topological polar surface area (TPSA) is 68.5 Å². The molecular weight excluding hydrogens is 204 g/mol. The number of halogens is 2. The summed E-state index contributed by atoms with van der Waals surface area (Å²) in [6.07, 6.45) is 1.13. The first kappa shape index (κ1) is 11.3. The fourth-order valence-electron chi connectivity index (χ4n) is 0.882. The van der Waals surface area contributed by atoms with E-state index in [-0.39, 0.29) is 11.4 Å². The van der Waals surface area contributed by atoms with Crippen LogP contribution < -0.4 is 5.32 Å². The summed E-state index contributed by atoms with van der Waals surface area (Å²) < 4.78 is 25.7. The van der Waals surface area contributed by atoms with Gasteiger partial charge < -0.3 is 10.4 Å². The third-order valence-electron chi connectivity index (χ3n) is 1.63. The number of nitrogens with one attached hydrogen (secondary N) is 2. The molecule has 0 aliphatic carbocycles. The van der Waals surface area contributed by atoms with E-state index >= 15 is 0 Å². The lowest BCUT2D eigenvalue weighted by atomic mass is 10.3. The molecule has 3 N–H and O–H groups in total. The summed E-state index contributed by atoms with van der Waals surface area (Å²) >= 11 is 0. The van der Waals surface area contributed by atoms with Gasteiger partial charge in [-0.2, -0.15) is 5.11 Å². The zero-order valence-electron chi connectivity index (χ0n) is 7.67. The Balaban J connectivity index is 2.84. The first-order valence-electron chi connectivity index (χ1n) is 4.06. The molecule has 0 heterocycles. The smallest absolute Gasteiger partial charge is 0.146 e. The zero-order valence-corrected chi connectivity index (χ0v) is 7.67. The molecule has 0 aliphatic heterocycles. The predicted octanol–water partition coefficient (Wildman–Crippen LogP) is 2.24. The molecule has 0 spiro atoms. The minimum atomic E-state index is -0.630. The number of benzene rings is 1. The van der Waals surface area contributed by atoms with E-state index in [1.165, 1.54) is 0 Å². The van der Waals surface area contributed by atoms with Gasteiger partial charge in [0.25, 0.3) is 0 Å². The zero-order chi connectivity index (χ0) is 11.3. The Morgan fingerprint density at radius 1 is 1.53 bits per heavy atom. The molecule has 0 unspecified atom stereocenters. The summed E-state index contributed by atoms with van der Waals surface area (Å²) in [7, 11) is 0. The van der Waals surface area contributed by atoms with Gasteiger partial charge in [-0.3, -0.25) is 0 Å². The molecule has 0 bridgehead atoms. The standard InChI is InChI=1S/C9H9F2N3O/c10-6-1-2-8(11)9(3-6)13-4-7(5-15)14-12/h1-4,12-13,15H,5H2/b7-4-,14-12?. The fraction of sp³-hybridized carbons (Fsp3) is 0.111. The van der Waals surface area contributed by atoms with Crippen molar-refractivity contribution in [3.05, 3.63) is 41.7 Å². The van der Waals surface area contributed by atoms with E-state index in [4.69, 9.17) is 10.6 Å². The lowest BCUT2D eigenvalue weighted by molar-refractivity contribution is 0.328. The van der Waals surface area contributed by atoms with Gasteiger partial charge in [0, 0.05) is 12.3 Å². The van der Waals surface area contributed by atoms with Crippen molar-refractivity contribution in [2.75, 3.05) is 11.9 Å². The molecule has 0 fully saturated rings. The van der Waals surface area contributed by atoms with Crippen LogP contribution in [-0.2, 0) is 0 Å². The van der Waals surface area contributed by atoms with Crippen molar-refractivity contribution in [2.45, 2.75) is 0 Å². The molecule has 15 heavy (non-hydrogen) atoms. The normalized spacial score (nSPS) is 11.3. The van der Waals surface area contributed by atoms with Crippen LogP contribution >= 0.6 is 0 Å². The SMILES string of the molecule is N=N/C(=C\Nc1cc(F)ccc1F)CO. The molecule has 6 heteroatoms. The fourth-order valence-corrected chi connectivity index (χ4v) is 0.882. The largest absolute Gasteiger partial charge is 0.390 e. The summed E-state index contributed by atoms with van der Waals surface area (Å²) in [4.78, 5) is 0. The molecule has 0 atom stereocenters. The second kappa shape index (κ2) is 5.16. The Hall–Kier alpha value is -1.82. The van der Waals surface area contributed by atoms with Crippen molar-refractivity contribution in [1.29, 1.82) is 5.53 Å². The number of anilines is 1. The average molecular weight is 213 g/mol. The number of rotatable bonds is 4. The number of hydrogen-bond acceptors (Lipinski definition) is 4. The quantitative estimate of drug-likeness (QED) is 0.671. The van der Waals surface area contributed by atoms with Gasteiger partial charge in [0.05, 0.1) is 12.3 Å². The van der Waals surface area contributed by atoms with E-state index in [2.05, 4.69) is 10.4 Å². The van der Waals surface area contributed by atoms with Crippen molar-refractivity contribution in [3.63, 3.8) is 0 Å². The van der Waals surface area contributed by atoms with Crippen LogP contribution in [0.25, 0.3) is 0 Å². The highest BCUT2D eigenvalue weighted by Gasteiger charge is 2.02. The lowest BCUT2D eigenvalue weighted by Gasteiger charge is -2.03. The Morgan fingerprint density at radius 2 is 2.27 bits per heavy atom. The van der Waals surface area contributed by atoms with Crippen LogP contribution in [0.4, 0.5) is 14.5 Å². The minimum absolute atomic E-state index is 0.0126. The van der Waals surface area contributed by atoms with Crippen molar-refractivity contribution in [3.8, 4) is 0 Å². The highest BCUT2D eigenvalue weighted by molar-refractivity contribution is 5.47. The molecule has 0 radical (unpaired) electrons. The molecule has 0 aromatic heterocycles. The first-order chi connectivity index (χ1) is 7.17. The van der Waals surface area contributed by atoms with Gasteiger partial charge in [-0.25, -0.2) is 14.3 Å². The van der Waals surface area contributed by atoms with E-state index in [0.29, 0.717) is 0 Å². The molecule has 1 rings (SSSR count). The predicted molar refractivity (Wildman–Crippen MR) is 50.3 cm³/mol. The van der Waals surface area contributed by atoms with Crippen LogP contribution in [0.15, 0.2) is 35.2 Å². The molecule has 0 aliphatic rings. The van der Waals surface area contributed by atoms with Gasteiger partial charge in [-0.05, 0) is 12.1 Å². The highest BCUT2D eigenvalue weighted by Crippen LogP contribution is 2.15. The van der Waals surface area contributed by atoms with Gasteiger partial charge >= 0.3 is 0 Å². The van der Waals surface area contributed by atoms with Gasteiger partial charge in [0.2, 0.25) is 0 Å². The summed E-state index contributed by atoms with van der Waals surface area (Å²) in [6.45, 7) is -0.451. The molecule has 0 saturated heterocycles. The Bertz CT molecular complexity index is 393. The van der Waals surface area contributed by atoms with Crippen molar-refractivity contribution < 1.29 is 13.9 Å². The van der Waals surface area contributed by atoms with Crippen molar-refractivity contribution in [1.82, 2.24) is 0 Å². The monoisotopic (exact) mass is 213 g/mol. The van der Waals surface area contributed by atoms with Crippen molar-refractivity contribution >= 4 is 5.69 Å². The number of aliphatic hydroxyl groups excluding tert-OH is 1. The third kappa shape index (κ3) is 3.10. The summed E-state index contributed by atoms with van der Waals surface area (Å²) in [6, 6.07) is 2.93. The van der Waals surface area contributed by atoms with Crippen LogP contribution in [0.5, 0.6) is 0 Å². The van der Waals surface area contributed by atoms with E-state index in [0.717, 1.165) is 24.4 Å². The lowest BCUT2D eigenvalue weighted by Crippen LogP contribution is -1.96. The second-order valence-corrected chi connectivity index (χ2v) is 2.67. The van der Waals surface area contributed by atoms with Crippen LogP contribution in [0, 0.1) is 17.2 Å². The molecule has 1 aromatic rings. The van der Waals surface area contributed by atoms with E-state index in [1.807, 2.05) is 0 Å². The third-order valence-corrected chi connectivity index (χ3v) is 1.63. The molecular formula is C9H9F2N3O. The summed E-state index contributed by atoms with van der Waals surface area (Å²) in [5.74, 6) is -1.21. The first-order valence-corrected chi connectivity index (χ1v) is 4.06. The van der Waals surface area contributed by atoms with Crippen LogP contribution in [0.1, 0.15) is 0 Å². The maximum absolute atomic E-state index is 13.0. The molecule has 0 amide bonds. The van der Waals surface area contributed by atoms with E-state index in [9.17, 15) is 8.78 Å². The molecule has 1 aromatic carbocycles. The Labute approximate surface area is 84.7 Å². The van der Waals surface area contributed by atoms with Crippen LogP contribution in [0.3, 0.4) is 0 Å². The van der Waals surface area contributed by atoms with Gasteiger partial charge in [0.15, 0.2) is 0 Å². The number of aliphatic hydroxyl groups is 1. The summed E-state index contributed by atoms with van der Waals surface area (Å²) in [5.41, 5.74) is 6.54. The van der Waals surface area contributed by atoms with E-state index < -0.39 is 18.2 Å². The Kier molecular flexibility index (Phi) is 3.87. The minimum Gasteiger partial charge on any atom is -0.390 e. The van der Waals surface area contributed by atoms with Gasteiger partial charge in [-0.1, -0.05) is 0 Å². The van der Waals surface area contributed by atoms with Crippen LogP contribution in [0.2, 0.25) is 0 Å². The average Bonchev–Trinajstić information content (AvgIpc) is 2.24. The highest BCUT2D eigenvalue weighted by atomic mass is 19.1.